The average Bonchev–Trinajstić information content (AvgIpc) is 3.48. The van der Waals surface area contributed by atoms with Gasteiger partial charge in [-0.2, -0.15) is 0 Å². The number of aromatic carboxylic acids is 1. The van der Waals surface area contributed by atoms with Crippen molar-refractivity contribution in [2.45, 2.75) is 18.9 Å². The minimum Gasteiger partial charge on any atom is -0.477 e. The topological polar surface area (TPSA) is 91.8 Å². The van der Waals surface area contributed by atoms with Gasteiger partial charge in [-0.1, -0.05) is 0 Å². The van der Waals surface area contributed by atoms with Crippen LogP contribution in [0, 0.1) is 5.82 Å². The molecule has 0 radical (unpaired) electrons. The lowest BCUT2D eigenvalue weighted by Gasteiger charge is -2.36. The van der Waals surface area contributed by atoms with Crippen LogP contribution in [0.25, 0.3) is 10.9 Å². The summed E-state index contributed by atoms with van der Waals surface area (Å²) in [7, 11) is 0. The third kappa shape index (κ3) is 3.30. The van der Waals surface area contributed by atoms with Gasteiger partial charge in [0.25, 0.3) is 0 Å². The van der Waals surface area contributed by atoms with E-state index in [4.69, 9.17) is 5.73 Å². The Bertz CT molecular complexity index is 946. The lowest BCUT2D eigenvalue weighted by atomic mass is 10.1. The maximum atomic E-state index is 14.8. The molecule has 2 aromatic rings. The molecule has 1 aliphatic heterocycles. The summed E-state index contributed by atoms with van der Waals surface area (Å²) < 4.78 is 16.7. The molecule has 1 saturated heterocycles. The van der Waals surface area contributed by atoms with E-state index in [0.717, 1.165) is 32.5 Å². The fraction of sp³-hybridized carbons (Fsp3) is 0.474. The minimum absolute atomic E-state index is 0.129. The highest BCUT2D eigenvalue weighted by Gasteiger charge is 2.28. The van der Waals surface area contributed by atoms with Crippen LogP contribution in [0.4, 0.5) is 10.1 Å². The van der Waals surface area contributed by atoms with Crippen LogP contribution in [0.1, 0.15) is 29.2 Å². The fourth-order valence-corrected chi connectivity index (χ4v) is 3.80. The van der Waals surface area contributed by atoms with Crippen LogP contribution in [-0.2, 0) is 0 Å². The van der Waals surface area contributed by atoms with Gasteiger partial charge in [-0.25, -0.2) is 9.18 Å². The summed E-state index contributed by atoms with van der Waals surface area (Å²) in [5.41, 5.74) is 5.73. The molecule has 0 amide bonds. The second-order valence-electron chi connectivity index (χ2n) is 7.25. The van der Waals surface area contributed by atoms with Gasteiger partial charge in [0.1, 0.15) is 11.4 Å². The van der Waals surface area contributed by atoms with Crippen LogP contribution < -0.4 is 16.1 Å². The molecular weight excluding hydrogens is 351 g/mol. The van der Waals surface area contributed by atoms with Crippen LogP contribution in [0.15, 0.2) is 23.1 Å². The molecule has 27 heavy (non-hydrogen) atoms. The molecule has 0 bridgehead atoms. The second kappa shape index (κ2) is 6.94. The predicted octanol–water partition coefficient (Wildman–Crippen LogP) is 1.25. The number of fused-ring (bicyclic) bond motifs is 1. The van der Waals surface area contributed by atoms with Crippen LogP contribution in [0.2, 0.25) is 0 Å². The van der Waals surface area contributed by atoms with E-state index >= 15 is 0 Å². The number of carboxylic acids is 1. The van der Waals surface area contributed by atoms with Gasteiger partial charge in [-0.05, 0) is 25.0 Å². The summed E-state index contributed by atoms with van der Waals surface area (Å²) in [6.07, 6.45) is 3.27. The van der Waals surface area contributed by atoms with Gasteiger partial charge in [0.2, 0.25) is 5.43 Å². The number of aromatic nitrogens is 1. The number of hydrogen-bond donors (Lipinski definition) is 2. The third-order valence-electron chi connectivity index (χ3n) is 5.43. The van der Waals surface area contributed by atoms with Gasteiger partial charge in [0.15, 0.2) is 0 Å². The van der Waals surface area contributed by atoms with E-state index in [-0.39, 0.29) is 17.0 Å². The summed E-state index contributed by atoms with van der Waals surface area (Å²) in [5.74, 6) is -1.77. The summed E-state index contributed by atoms with van der Waals surface area (Å²) in [5, 5.41) is 9.45. The van der Waals surface area contributed by atoms with E-state index in [1.54, 1.807) is 6.07 Å². The molecule has 0 unspecified atom stereocenters. The first-order valence-electron chi connectivity index (χ1n) is 9.28. The monoisotopic (exact) mass is 374 g/mol. The van der Waals surface area contributed by atoms with Crippen molar-refractivity contribution >= 4 is 22.6 Å². The summed E-state index contributed by atoms with van der Waals surface area (Å²) in [6, 6.07) is 3.07. The average molecular weight is 374 g/mol. The van der Waals surface area contributed by atoms with Gasteiger partial charge in [0.05, 0.1) is 11.2 Å². The predicted molar refractivity (Wildman–Crippen MR) is 101 cm³/mol. The highest BCUT2D eigenvalue weighted by Crippen LogP contribution is 2.38. The Labute approximate surface area is 155 Å². The van der Waals surface area contributed by atoms with E-state index in [1.807, 2.05) is 9.47 Å². The zero-order chi connectivity index (χ0) is 19.1. The molecule has 2 fully saturated rings. The Balaban J connectivity index is 1.77. The van der Waals surface area contributed by atoms with Crippen molar-refractivity contribution in [3.05, 3.63) is 39.9 Å². The molecule has 7 nitrogen and oxygen atoms in total. The molecule has 0 spiro atoms. The number of pyridine rings is 1. The number of piperazine rings is 1. The van der Waals surface area contributed by atoms with Gasteiger partial charge >= 0.3 is 5.97 Å². The molecule has 1 saturated carbocycles. The lowest BCUT2D eigenvalue weighted by molar-refractivity contribution is 0.0695. The normalized spacial score (nSPS) is 18.2. The van der Waals surface area contributed by atoms with Gasteiger partial charge in [0, 0.05) is 56.9 Å². The number of nitrogens with two attached hydrogens (primary N) is 1. The first kappa shape index (κ1) is 17.9. The van der Waals surface area contributed by atoms with Crippen LogP contribution in [0.3, 0.4) is 0 Å². The Hall–Kier alpha value is -2.45. The highest BCUT2D eigenvalue weighted by molar-refractivity contribution is 5.93. The Morgan fingerprint density at radius 2 is 1.93 bits per heavy atom. The van der Waals surface area contributed by atoms with Crippen molar-refractivity contribution in [3.8, 4) is 0 Å². The first-order chi connectivity index (χ1) is 13.0. The molecule has 0 atom stereocenters. The maximum absolute atomic E-state index is 14.8. The number of nitrogens with zero attached hydrogens (tertiary/aromatic N) is 3. The zero-order valence-corrected chi connectivity index (χ0v) is 15.0. The standard InChI is InChI=1S/C19H23FN4O3/c20-15-9-13-16(10-17(15)23-7-5-22(4-3-21)6-8-23)24(12-1-2-12)11-14(18(13)25)19(26)27/h9-12H,1-8,21H2,(H,26,27). The maximum Gasteiger partial charge on any atom is 0.341 e. The van der Waals surface area contributed by atoms with Crippen LogP contribution in [-0.4, -0.2) is 59.8 Å². The first-order valence-corrected chi connectivity index (χ1v) is 9.28. The van der Waals surface area contributed by atoms with E-state index in [1.165, 1.54) is 12.3 Å². The minimum atomic E-state index is -1.28. The van der Waals surface area contributed by atoms with Gasteiger partial charge in [-0.3, -0.25) is 9.69 Å². The number of rotatable bonds is 5. The highest BCUT2D eigenvalue weighted by atomic mass is 19.1. The number of hydrogen-bond acceptors (Lipinski definition) is 5. The fourth-order valence-electron chi connectivity index (χ4n) is 3.80. The number of anilines is 1. The number of halogens is 1. The second-order valence-corrected chi connectivity index (χ2v) is 7.25. The van der Waals surface area contributed by atoms with E-state index in [2.05, 4.69) is 4.90 Å². The number of carboxylic acid groups (broad SMARTS) is 1. The van der Waals surface area contributed by atoms with Crippen LogP contribution >= 0.6 is 0 Å². The van der Waals surface area contributed by atoms with Crippen molar-refractivity contribution in [1.29, 1.82) is 0 Å². The summed E-state index contributed by atoms with van der Waals surface area (Å²) in [6.45, 7) is 4.41. The van der Waals surface area contributed by atoms with E-state index < -0.39 is 17.2 Å². The lowest BCUT2D eigenvalue weighted by Crippen LogP contribution is -2.48. The quantitative estimate of drug-likeness (QED) is 0.819. The van der Waals surface area contributed by atoms with Crippen molar-refractivity contribution in [1.82, 2.24) is 9.47 Å². The smallest absolute Gasteiger partial charge is 0.341 e. The molecule has 2 aliphatic rings. The molecule has 1 aliphatic carbocycles. The largest absolute Gasteiger partial charge is 0.477 e. The Morgan fingerprint density at radius 1 is 1.22 bits per heavy atom. The zero-order valence-electron chi connectivity index (χ0n) is 15.0. The van der Waals surface area contributed by atoms with E-state index in [9.17, 15) is 19.1 Å². The van der Waals surface area contributed by atoms with Crippen molar-refractivity contribution in [2.75, 3.05) is 44.2 Å². The molecule has 4 rings (SSSR count). The number of carbonyl (C=O) groups is 1. The van der Waals surface area contributed by atoms with Crippen molar-refractivity contribution in [2.24, 2.45) is 5.73 Å². The number of benzene rings is 1. The SMILES string of the molecule is NCCN1CCN(c2cc3c(cc2F)c(=O)c(C(=O)O)cn3C2CC2)CC1. The Morgan fingerprint density at radius 3 is 2.52 bits per heavy atom. The molecule has 1 aromatic carbocycles. The molecule has 8 heteroatoms. The molecular formula is C19H23FN4O3. The molecule has 144 valence electrons. The molecule has 2 heterocycles. The summed E-state index contributed by atoms with van der Waals surface area (Å²) in [4.78, 5) is 28.2. The van der Waals surface area contributed by atoms with Crippen LogP contribution in [0.5, 0.6) is 0 Å². The summed E-state index contributed by atoms with van der Waals surface area (Å²) >= 11 is 0. The van der Waals surface area contributed by atoms with Gasteiger partial charge < -0.3 is 20.3 Å². The van der Waals surface area contributed by atoms with Crippen molar-refractivity contribution in [3.63, 3.8) is 0 Å². The molecule has 3 N–H and O–H groups in total. The van der Waals surface area contributed by atoms with E-state index in [0.29, 0.717) is 30.8 Å². The Kier molecular flexibility index (Phi) is 4.61. The third-order valence-corrected chi connectivity index (χ3v) is 5.43. The van der Waals surface area contributed by atoms with Gasteiger partial charge in [-0.15, -0.1) is 0 Å². The molecule has 1 aromatic heterocycles. The van der Waals surface area contributed by atoms with Crippen molar-refractivity contribution < 1.29 is 14.3 Å².